The van der Waals surface area contributed by atoms with E-state index in [0.29, 0.717) is 0 Å². The lowest BCUT2D eigenvalue weighted by molar-refractivity contribution is 0.0817. The van der Waals surface area contributed by atoms with Gasteiger partial charge in [0, 0.05) is 12.6 Å². The van der Waals surface area contributed by atoms with Crippen LogP contribution in [0.3, 0.4) is 0 Å². The van der Waals surface area contributed by atoms with Crippen LogP contribution in [0.15, 0.2) is 0 Å². The summed E-state index contributed by atoms with van der Waals surface area (Å²) in [4.78, 5) is 2.81. The third-order valence-corrected chi connectivity index (χ3v) is 4.89. The van der Waals surface area contributed by atoms with Crippen molar-refractivity contribution in [3.05, 3.63) is 0 Å². The van der Waals surface area contributed by atoms with Crippen LogP contribution in [0.5, 0.6) is 0 Å². The smallest absolute Gasteiger partial charge is 0.00980 e. The van der Waals surface area contributed by atoms with E-state index in [0.717, 1.165) is 17.9 Å². The molecule has 3 atom stereocenters. The molecular weight excluding hydrogens is 208 g/mol. The Labute approximate surface area is 107 Å². The first-order chi connectivity index (χ1) is 8.33. The normalized spacial score (nSPS) is 36.0. The van der Waals surface area contributed by atoms with Crippen molar-refractivity contribution in [1.29, 1.82) is 0 Å². The lowest BCUT2D eigenvalue weighted by Crippen LogP contribution is -2.46. The van der Waals surface area contributed by atoms with Crippen molar-refractivity contribution in [3.8, 4) is 0 Å². The highest BCUT2D eigenvalue weighted by Gasteiger charge is 2.29. The maximum absolute atomic E-state index is 3.35. The second-order valence-electron chi connectivity index (χ2n) is 6.16. The molecule has 0 bridgehead atoms. The van der Waals surface area contributed by atoms with Gasteiger partial charge in [0.15, 0.2) is 0 Å². The van der Waals surface area contributed by atoms with Crippen LogP contribution in [-0.4, -0.2) is 37.6 Å². The van der Waals surface area contributed by atoms with Gasteiger partial charge in [0.1, 0.15) is 0 Å². The molecule has 2 aliphatic rings. The summed E-state index contributed by atoms with van der Waals surface area (Å²) in [7, 11) is 2.09. The SMILES string of the molecule is CCC1CCCC(N2CCCC(CNC)C2)C1. The Kier molecular flexibility index (Phi) is 5.30. The molecule has 1 aliphatic heterocycles. The van der Waals surface area contributed by atoms with E-state index in [4.69, 9.17) is 0 Å². The molecule has 0 aromatic rings. The first-order valence-corrected chi connectivity index (χ1v) is 7.72. The number of hydrogen-bond donors (Lipinski definition) is 1. The van der Waals surface area contributed by atoms with Crippen molar-refractivity contribution >= 4 is 0 Å². The van der Waals surface area contributed by atoms with E-state index in [1.165, 1.54) is 64.6 Å². The number of nitrogens with zero attached hydrogens (tertiary/aromatic N) is 1. The second-order valence-corrected chi connectivity index (χ2v) is 6.16. The molecule has 1 aliphatic carbocycles. The van der Waals surface area contributed by atoms with E-state index in [-0.39, 0.29) is 0 Å². The fraction of sp³-hybridized carbons (Fsp3) is 1.00. The van der Waals surface area contributed by atoms with E-state index in [2.05, 4.69) is 24.2 Å². The van der Waals surface area contributed by atoms with Gasteiger partial charge in [0.05, 0.1) is 0 Å². The highest BCUT2D eigenvalue weighted by molar-refractivity contribution is 4.84. The minimum Gasteiger partial charge on any atom is -0.319 e. The highest BCUT2D eigenvalue weighted by atomic mass is 15.2. The minimum atomic E-state index is 0.899. The molecule has 0 amide bonds. The average molecular weight is 238 g/mol. The van der Waals surface area contributed by atoms with Crippen molar-refractivity contribution in [2.75, 3.05) is 26.7 Å². The first kappa shape index (κ1) is 13.4. The van der Waals surface area contributed by atoms with Gasteiger partial charge in [0.25, 0.3) is 0 Å². The molecule has 2 fully saturated rings. The number of nitrogens with one attached hydrogen (secondary N) is 1. The maximum Gasteiger partial charge on any atom is 0.00980 e. The summed E-state index contributed by atoms with van der Waals surface area (Å²) < 4.78 is 0. The van der Waals surface area contributed by atoms with Crippen LogP contribution < -0.4 is 5.32 Å². The van der Waals surface area contributed by atoms with Gasteiger partial charge in [-0.15, -0.1) is 0 Å². The number of rotatable bonds is 4. The summed E-state index contributed by atoms with van der Waals surface area (Å²) in [6, 6.07) is 0.911. The largest absolute Gasteiger partial charge is 0.319 e. The zero-order valence-electron chi connectivity index (χ0n) is 11.8. The fourth-order valence-electron chi connectivity index (χ4n) is 3.85. The van der Waals surface area contributed by atoms with Gasteiger partial charge in [0.2, 0.25) is 0 Å². The Morgan fingerprint density at radius 1 is 1.12 bits per heavy atom. The van der Waals surface area contributed by atoms with Gasteiger partial charge < -0.3 is 10.2 Å². The number of hydrogen-bond acceptors (Lipinski definition) is 2. The molecule has 1 heterocycles. The minimum absolute atomic E-state index is 0.899. The Morgan fingerprint density at radius 3 is 2.71 bits per heavy atom. The van der Waals surface area contributed by atoms with Crippen LogP contribution in [0.1, 0.15) is 51.9 Å². The Balaban J connectivity index is 1.83. The first-order valence-electron chi connectivity index (χ1n) is 7.72. The molecule has 1 saturated heterocycles. The summed E-state index contributed by atoms with van der Waals surface area (Å²) in [6.45, 7) is 6.29. The maximum atomic E-state index is 3.35. The van der Waals surface area contributed by atoms with E-state index in [1.807, 2.05) is 0 Å². The van der Waals surface area contributed by atoms with Crippen LogP contribution in [0, 0.1) is 11.8 Å². The molecule has 1 saturated carbocycles. The van der Waals surface area contributed by atoms with Crippen LogP contribution in [0.25, 0.3) is 0 Å². The molecule has 1 N–H and O–H groups in total. The Hall–Kier alpha value is -0.0800. The van der Waals surface area contributed by atoms with Crippen molar-refractivity contribution in [1.82, 2.24) is 10.2 Å². The second kappa shape index (κ2) is 6.75. The molecule has 100 valence electrons. The summed E-state index contributed by atoms with van der Waals surface area (Å²) in [5, 5.41) is 3.35. The van der Waals surface area contributed by atoms with Crippen LogP contribution >= 0.6 is 0 Å². The fourth-order valence-corrected chi connectivity index (χ4v) is 3.85. The van der Waals surface area contributed by atoms with Crippen LogP contribution in [0.2, 0.25) is 0 Å². The highest BCUT2D eigenvalue weighted by Crippen LogP contribution is 2.31. The van der Waals surface area contributed by atoms with Crippen LogP contribution in [0.4, 0.5) is 0 Å². The third kappa shape index (κ3) is 3.69. The zero-order chi connectivity index (χ0) is 12.1. The molecule has 0 aromatic heterocycles. The molecule has 2 rings (SSSR count). The molecular formula is C15H30N2. The van der Waals surface area contributed by atoms with E-state index < -0.39 is 0 Å². The number of piperidine rings is 1. The Morgan fingerprint density at radius 2 is 1.94 bits per heavy atom. The molecule has 3 unspecified atom stereocenters. The van der Waals surface area contributed by atoms with Crippen LogP contribution in [-0.2, 0) is 0 Å². The van der Waals surface area contributed by atoms with Gasteiger partial charge in [-0.2, -0.15) is 0 Å². The summed E-state index contributed by atoms with van der Waals surface area (Å²) in [5.41, 5.74) is 0. The lowest BCUT2D eigenvalue weighted by Gasteiger charge is -2.42. The topological polar surface area (TPSA) is 15.3 Å². The molecule has 0 spiro atoms. The zero-order valence-corrected chi connectivity index (χ0v) is 11.8. The van der Waals surface area contributed by atoms with Gasteiger partial charge in [-0.3, -0.25) is 0 Å². The third-order valence-electron chi connectivity index (χ3n) is 4.89. The van der Waals surface area contributed by atoms with Crippen molar-refractivity contribution in [2.24, 2.45) is 11.8 Å². The predicted molar refractivity (Wildman–Crippen MR) is 74.3 cm³/mol. The molecule has 2 heteroatoms. The molecule has 0 aromatic carbocycles. The van der Waals surface area contributed by atoms with Gasteiger partial charge in [-0.1, -0.05) is 26.2 Å². The van der Waals surface area contributed by atoms with E-state index >= 15 is 0 Å². The molecule has 2 nitrogen and oxygen atoms in total. The quantitative estimate of drug-likeness (QED) is 0.810. The average Bonchev–Trinajstić information content (AvgIpc) is 2.40. The van der Waals surface area contributed by atoms with Crippen molar-refractivity contribution in [2.45, 2.75) is 57.9 Å². The van der Waals surface area contributed by atoms with Crippen molar-refractivity contribution < 1.29 is 0 Å². The summed E-state index contributed by atoms with van der Waals surface area (Å²) in [5.74, 6) is 1.91. The summed E-state index contributed by atoms with van der Waals surface area (Å²) >= 11 is 0. The molecule has 0 radical (unpaired) electrons. The monoisotopic (exact) mass is 238 g/mol. The van der Waals surface area contributed by atoms with Crippen molar-refractivity contribution in [3.63, 3.8) is 0 Å². The molecule has 17 heavy (non-hydrogen) atoms. The predicted octanol–water partition coefficient (Wildman–Crippen LogP) is 2.89. The standard InChI is InChI=1S/C15H30N2/c1-3-13-6-4-8-15(10-13)17-9-5-7-14(12-17)11-16-2/h13-16H,3-12H2,1-2H3. The Bertz CT molecular complexity index is 215. The van der Waals surface area contributed by atoms with Gasteiger partial charge >= 0.3 is 0 Å². The lowest BCUT2D eigenvalue weighted by atomic mass is 9.82. The number of likely N-dealkylation sites (tertiary alicyclic amines) is 1. The van der Waals surface area contributed by atoms with Gasteiger partial charge in [-0.05, 0) is 57.7 Å². The van der Waals surface area contributed by atoms with E-state index in [1.54, 1.807) is 0 Å². The van der Waals surface area contributed by atoms with E-state index in [9.17, 15) is 0 Å². The van der Waals surface area contributed by atoms with Gasteiger partial charge in [-0.25, -0.2) is 0 Å². The summed E-state index contributed by atoms with van der Waals surface area (Å²) in [6.07, 6.45) is 10.1.